The second kappa shape index (κ2) is 5.53. The molecule has 1 atom stereocenters. The molecule has 19 heavy (non-hydrogen) atoms. The van der Waals surface area contributed by atoms with Crippen molar-refractivity contribution in [3.05, 3.63) is 35.4 Å². The number of carbonyl (C=O) groups excluding carboxylic acids is 2. The Bertz CT molecular complexity index is 546. The van der Waals surface area contributed by atoms with E-state index in [9.17, 15) is 14.7 Å². The largest absolute Gasteiger partial charge is 0.545 e. The average molecular weight is 259 g/mol. The first-order valence-electron chi connectivity index (χ1n) is 5.86. The van der Waals surface area contributed by atoms with Crippen LogP contribution >= 0.6 is 0 Å². The van der Waals surface area contributed by atoms with Gasteiger partial charge in [0.05, 0.1) is 12.0 Å². The highest BCUT2D eigenvalue weighted by molar-refractivity contribution is 6.04. The van der Waals surface area contributed by atoms with E-state index in [0.717, 1.165) is 0 Å². The van der Waals surface area contributed by atoms with Gasteiger partial charge in [-0.25, -0.2) is 0 Å². The van der Waals surface area contributed by atoms with E-state index < -0.39 is 17.4 Å². The van der Waals surface area contributed by atoms with Gasteiger partial charge in [-0.1, -0.05) is 32.0 Å². The number of nitrogens with zero attached hydrogens (tertiary/aromatic N) is 1. The Labute approximate surface area is 111 Å². The summed E-state index contributed by atoms with van der Waals surface area (Å²) in [6, 6.07) is 7.78. The predicted molar refractivity (Wildman–Crippen MR) is 67.1 cm³/mol. The lowest BCUT2D eigenvalue weighted by molar-refractivity contribution is -0.255. The molecule has 0 aliphatic heterocycles. The minimum absolute atomic E-state index is 0.00961. The second-order valence-electron chi connectivity index (χ2n) is 4.76. The van der Waals surface area contributed by atoms with Crippen LogP contribution in [0.1, 0.15) is 41.5 Å². The molecular weight excluding hydrogens is 244 g/mol. The van der Waals surface area contributed by atoms with E-state index in [2.05, 4.69) is 5.32 Å². The third-order valence-corrected chi connectivity index (χ3v) is 3.15. The summed E-state index contributed by atoms with van der Waals surface area (Å²) in [5.74, 6) is -2.14. The molecule has 1 aromatic carbocycles. The third-order valence-electron chi connectivity index (χ3n) is 3.15. The van der Waals surface area contributed by atoms with Crippen LogP contribution in [-0.2, 0) is 0 Å². The van der Waals surface area contributed by atoms with E-state index in [1.165, 1.54) is 18.2 Å². The van der Waals surface area contributed by atoms with Gasteiger partial charge in [0.15, 0.2) is 0 Å². The fraction of sp³-hybridized carbons (Fsp3) is 0.357. The molecule has 0 saturated heterocycles. The smallest absolute Gasteiger partial charge is 0.253 e. The van der Waals surface area contributed by atoms with Crippen molar-refractivity contribution in [3.8, 4) is 6.07 Å². The number of hydrogen-bond acceptors (Lipinski definition) is 4. The average Bonchev–Trinajstić information content (AvgIpc) is 2.38. The molecule has 1 rings (SSSR count). The lowest BCUT2D eigenvalue weighted by Crippen LogP contribution is -2.49. The van der Waals surface area contributed by atoms with Crippen LogP contribution in [0.15, 0.2) is 24.3 Å². The fourth-order valence-corrected chi connectivity index (χ4v) is 1.46. The van der Waals surface area contributed by atoms with Crippen molar-refractivity contribution >= 4 is 11.9 Å². The molecule has 0 heterocycles. The van der Waals surface area contributed by atoms with E-state index in [-0.39, 0.29) is 17.0 Å². The Kier molecular flexibility index (Phi) is 4.28. The summed E-state index contributed by atoms with van der Waals surface area (Å²) in [6.45, 7) is 5.19. The molecule has 0 saturated carbocycles. The number of carboxylic acids is 1. The van der Waals surface area contributed by atoms with Gasteiger partial charge in [-0.05, 0) is 18.9 Å². The highest BCUT2D eigenvalue weighted by Gasteiger charge is 2.30. The molecule has 0 bridgehead atoms. The molecule has 5 heteroatoms. The zero-order valence-corrected chi connectivity index (χ0v) is 11.1. The maximum absolute atomic E-state index is 12.1. The van der Waals surface area contributed by atoms with Crippen molar-refractivity contribution in [1.82, 2.24) is 5.32 Å². The van der Waals surface area contributed by atoms with Crippen LogP contribution in [0.3, 0.4) is 0 Å². The maximum atomic E-state index is 12.1. The molecule has 0 spiro atoms. The lowest BCUT2D eigenvalue weighted by Gasteiger charge is -2.27. The van der Waals surface area contributed by atoms with Crippen molar-refractivity contribution in [3.63, 3.8) is 0 Å². The van der Waals surface area contributed by atoms with Gasteiger partial charge in [0.25, 0.3) is 5.91 Å². The van der Waals surface area contributed by atoms with E-state index in [1.54, 1.807) is 26.8 Å². The molecule has 0 radical (unpaired) electrons. The van der Waals surface area contributed by atoms with E-state index in [1.807, 2.05) is 6.07 Å². The van der Waals surface area contributed by atoms with Gasteiger partial charge >= 0.3 is 0 Å². The Hall–Kier alpha value is -2.35. The van der Waals surface area contributed by atoms with Crippen molar-refractivity contribution in [2.24, 2.45) is 5.92 Å². The number of nitriles is 1. The minimum Gasteiger partial charge on any atom is -0.545 e. The highest BCUT2D eigenvalue weighted by Crippen LogP contribution is 2.17. The number of carbonyl (C=O) groups is 2. The summed E-state index contributed by atoms with van der Waals surface area (Å²) < 4.78 is 0. The minimum atomic E-state index is -1.42. The Morgan fingerprint density at radius 1 is 1.32 bits per heavy atom. The second-order valence-corrected chi connectivity index (χ2v) is 4.76. The first-order valence-corrected chi connectivity index (χ1v) is 5.86. The molecule has 100 valence electrons. The highest BCUT2D eigenvalue weighted by atomic mass is 16.4. The molecule has 0 aliphatic rings. The zero-order chi connectivity index (χ0) is 14.6. The Balaban J connectivity index is 3.10. The summed E-state index contributed by atoms with van der Waals surface area (Å²) >= 11 is 0. The van der Waals surface area contributed by atoms with Gasteiger partial charge in [-0.2, -0.15) is 5.26 Å². The SMILES string of the molecule is CC(C)[C@](C)(C#N)NC(=O)c1ccccc1C(=O)[O-]. The summed E-state index contributed by atoms with van der Waals surface area (Å²) in [5, 5.41) is 22.6. The predicted octanol–water partition coefficient (Wildman–Crippen LogP) is 0.718. The normalized spacial score (nSPS) is 13.4. The summed E-state index contributed by atoms with van der Waals surface area (Å²) in [4.78, 5) is 23.0. The molecule has 5 nitrogen and oxygen atoms in total. The monoisotopic (exact) mass is 259 g/mol. The third kappa shape index (κ3) is 3.10. The van der Waals surface area contributed by atoms with Crippen LogP contribution in [0.2, 0.25) is 0 Å². The number of benzene rings is 1. The van der Waals surface area contributed by atoms with Gasteiger partial charge < -0.3 is 15.2 Å². The molecule has 1 aromatic rings. The maximum Gasteiger partial charge on any atom is 0.253 e. The molecule has 1 N–H and O–H groups in total. The number of hydrogen-bond donors (Lipinski definition) is 1. The van der Waals surface area contributed by atoms with Crippen LogP contribution in [0.5, 0.6) is 0 Å². The van der Waals surface area contributed by atoms with Gasteiger partial charge in [0, 0.05) is 11.1 Å². The number of rotatable bonds is 4. The van der Waals surface area contributed by atoms with Crippen molar-refractivity contribution in [2.45, 2.75) is 26.3 Å². The molecule has 0 aliphatic carbocycles. The molecule has 1 amide bonds. The van der Waals surface area contributed by atoms with Gasteiger partial charge in [-0.15, -0.1) is 0 Å². The van der Waals surface area contributed by atoms with Crippen molar-refractivity contribution in [2.75, 3.05) is 0 Å². The van der Waals surface area contributed by atoms with E-state index in [4.69, 9.17) is 5.26 Å². The van der Waals surface area contributed by atoms with Crippen LogP contribution in [-0.4, -0.2) is 17.4 Å². The van der Waals surface area contributed by atoms with Crippen LogP contribution in [0.25, 0.3) is 0 Å². The van der Waals surface area contributed by atoms with Gasteiger partial charge in [0.1, 0.15) is 5.54 Å². The number of carboxylic acid groups (broad SMARTS) is 1. The summed E-state index contributed by atoms with van der Waals surface area (Å²) in [7, 11) is 0. The van der Waals surface area contributed by atoms with Gasteiger partial charge in [0.2, 0.25) is 0 Å². The molecule has 0 aromatic heterocycles. The standard InChI is InChI=1S/C14H16N2O3/c1-9(2)14(3,8-15)16-12(17)10-6-4-5-7-11(10)13(18)19/h4-7,9H,1-3H3,(H,16,17)(H,18,19)/p-1/t14-/m0/s1. The first-order chi connectivity index (χ1) is 8.81. The quantitative estimate of drug-likeness (QED) is 0.862. The topological polar surface area (TPSA) is 93.0 Å². The number of aromatic carboxylic acids is 1. The van der Waals surface area contributed by atoms with Crippen molar-refractivity contribution < 1.29 is 14.7 Å². The van der Waals surface area contributed by atoms with Gasteiger partial charge in [-0.3, -0.25) is 4.79 Å². The molecule has 0 fully saturated rings. The number of nitrogens with one attached hydrogen (secondary N) is 1. The first kappa shape index (κ1) is 14.7. The Morgan fingerprint density at radius 3 is 2.26 bits per heavy atom. The summed E-state index contributed by atoms with van der Waals surface area (Å²) in [6.07, 6.45) is 0. The van der Waals surface area contributed by atoms with Crippen LogP contribution < -0.4 is 10.4 Å². The van der Waals surface area contributed by atoms with Crippen LogP contribution in [0.4, 0.5) is 0 Å². The zero-order valence-electron chi connectivity index (χ0n) is 11.1. The van der Waals surface area contributed by atoms with E-state index >= 15 is 0 Å². The Morgan fingerprint density at radius 2 is 1.84 bits per heavy atom. The number of amides is 1. The van der Waals surface area contributed by atoms with Crippen molar-refractivity contribution in [1.29, 1.82) is 5.26 Å². The summed E-state index contributed by atoms with van der Waals surface area (Å²) in [5.41, 5.74) is -1.26. The molecule has 0 unspecified atom stereocenters. The lowest BCUT2D eigenvalue weighted by atomic mass is 9.89. The fourth-order valence-electron chi connectivity index (χ4n) is 1.46. The molecular formula is C14H15N2O3-. The van der Waals surface area contributed by atoms with Crippen LogP contribution in [0, 0.1) is 17.2 Å². The van der Waals surface area contributed by atoms with E-state index in [0.29, 0.717) is 0 Å².